The molecule has 32 heavy (non-hydrogen) atoms. The minimum absolute atomic E-state index is 0.0254. The zero-order valence-electron chi connectivity index (χ0n) is 18.9. The van der Waals surface area contributed by atoms with E-state index in [2.05, 4.69) is 10.3 Å². The number of benzene rings is 1. The number of hydrogen-bond acceptors (Lipinski definition) is 6. The first-order valence-corrected chi connectivity index (χ1v) is 9.97. The van der Waals surface area contributed by atoms with Crippen LogP contribution >= 0.6 is 0 Å². The summed E-state index contributed by atoms with van der Waals surface area (Å²) < 4.78 is 10.6. The number of carbonyl (C=O) groups excluding carboxylic acids is 1. The molecule has 0 aliphatic carbocycles. The normalized spacial score (nSPS) is 11.7. The number of nitrogens with two attached hydrogens (primary N) is 1. The second-order valence-corrected chi connectivity index (χ2v) is 7.87. The third-order valence-electron chi connectivity index (χ3n) is 4.71. The molecule has 1 aromatic carbocycles. The first-order chi connectivity index (χ1) is 15.1. The molecule has 0 atom stereocenters. The van der Waals surface area contributed by atoms with Gasteiger partial charge < -0.3 is 25.6 Å². The zero-order valence-corrected chi connectivity index (χ0v) is 18.9. The van der Waals surface area contributed by atoms with Gasteiger partial charge in [-0.1, -0.05) is 6.08 Å². The van der Waals surface area contributed by atoms with E-state index in [1.807, 2.05) is 13.8 Å². The second kappa shape index (κ2) is 10.5. The van der Waals surface area contributed by atoms with Gasteiger partial charge in [-0.05, 0) is 69.7 Å². The maximum absolute atomic E-state index is 12.4. The van der Waals surface area contributed by atoms with Crippen molar-refractivity contribution in [3.63, 3.8) is 0 Å². The number of carboxylic acids is 1. The fourth-order valence-electron chi connectivity index (χ4n) is 2.94. The molecule has 0 saturated heterocycles. The summed E-state index contributed by atoms with van der Waals surface area (Å²) in [5, 5.41) is 12.2. The molecule has 8 nitrogen and oxygen atoms in total. The zero-order chi connectivity index (χ0) is 23.9. The average molecular weight is 440 g/mol. The van der Waals surface area contributed by atoms with Crippen molar-refractivity contribution in [1.82, 2.24) is 10.3 Å². The van der Waals surface area contributed by atoms with Crippen LogP contribution in [0.15, 0.2) is 42.7 Å². The average Bonchev–Trinajstić information content (AvgIpc) is 2.73. The molecule has 0 fully saturated rings. The molecule has 1 heterocycles. The van der Waals surface area contributed by atoms with E-state index in [9.17, 15) is 14.7 Å². The van der Waals surface area contributed by atoms with Gasteiger partial charge >= 0.3 is 5.97 Å². The quantitative estimate of drug-likeness (QED) is 0.402. The number of carbonyl (C=O) groups is 2. The summed E-state index contributed by atoms with van der Waals surface area (Å²) in [7, 11) is 1.57. The van der Waals surface area contributed by atoms with Crippen molar-refractivity contribution >= 4 is 23.6 Å². The van der Waals surface area contributed by atoms with Gasteiger partial charge in [0.1, 0.15) is 17.9 Å². The van der Waals surface area contributed by atoms with E-state index < -0.39 is 11.5 Å². The Labute approximate surface area is 187 Å². The molecule has 0 aliphatic heterocycles. The lowest BCUT2D eigenvalue weighted by Crippen LogP contribution is -2.46. The topological polar surface area (TPSA) is 124 Å². The smallest absolute Gasteiger partial charge is 0.339 e. The van der Waals surface area contributed by atoms with Crippen molar-refractivity contribution in [3.05, 3.63) is 70.8 Å². The number of aromatic carboxylic acids is 1. The van der Waals surface area contributed by atoms with Crippen LogP contribution in [0.5, 0.6) is 5.75 Å². The van der Waals surface area contributed by atoms with Crippen molar-refractivity contribution in [3.8, 4) is 5.75 Å². The van der Waals surface area contributed by atoms with Crippen molar-refractivity contribution in [2.45, 2.75) is 33.2 Å². The number of carboxylic acid groups (broad SMARTS) is 1. The summed E-state index contributed by atoms with van der Waals surface area (Å²) in [5.41, 5.74) is 7.65. The minimum Gasteiger partial charge on any atom is -0.499 e. The Morgan fingerprint density at radius 1 is 1.19 bits per heavy atom. The molecule has 4 N–H and O–H groups in total. The van der Waals surface area contributed by atoms with E-state index in [0.717, 1.165) is 0 Å². The van der Waals surface area contributed by atoms with Gasteiger partial charge in [-0.15, -0.1) is 0 Å². The third kappa shape index (κ3) is 6.34. The van der Waals surface area contributed by atoms with Gasteiger partial charge in [0.2, 0.25) is 0 Å². The van der Waals surface area contributed by atoms with Gasteiger partial charge in [-0.3, -0.25) is 9.78 Å². The monoisotopic (exact) mass is 439 g/mol. The molecule has 2 rings (SSSR count). The Morgan fingerprint density at radius 2 is 1.84 bits per heavy atom. The van der Waals surface area contributed by atoms with E-state index >= 15 is 0 Å². The molecule has 0 radical (unpaired) electrons. The van der Waals surface area contributed by atoms with Crippen LogP contribution in [0, 0.1) is 13.8 Å². The predicted molar refractivity (Wildman–Crippen MR) is 124 cm³/mol. The Bertz CT molecular complexity index is 1040. The second-order valence-electron chi connectivity index (χ2n) is 7.87. The lowest BCUT2D eigenvalue weighted by Gasteiger charge is -2.25. The lowest BCUT2D eigenvalue weighted by atomic mass is 10.1. The summed E-state index contributed by atoms with van der Waals surface area (Å²) in [5.74, 6) is -0.617. The number of ether oxygens (including phenoxy) is 2. The molecule has 170 valence electrons. The predicted octanol–water partition coefficient (Wildman–Crippen LogP) is 3.74. The number of aryl methyl sites for hydroxylation is 1. The summed E-state index contributed by atoms with van der Waals surface area (Å²) >= 11 is 0. The van der Waals surface area contributed by atoms with Gasteiger partial charge in [0.15, 0.2) is 0 Å². The highest BCUT2D eigenvalue weighted by atomic mass is 16.5. The van der Waals surface area contributed by atoms with E-state index in [1.165, 1.54) is 6.26 Å². The van der Waals surface area contributed by atoms with Gasteiger partial charge in [0, 0.05) is 5.56 Å². The van der Waals surface area contributed by atoms with E-state index in [1.54, 1.807) is 63.5 Å². The van der Waals surface area contributed by atoms with Gasteiger partial charge in [-0.25, -0.2) is 4.79 Å². The van der Waals surface area contributed by atoms with Crippen LogP contribution in [0.4, 0.5) is 5.69 Å². The Balaban J connectivity index is 1.92. The maximum Gasteiger partial charge on any atom is 0.339 e. The molecule has 0 spiro atoms. The maximum atomic E-state index is 12.4. The molecule has 0 saturated carbocycles. The number of methoxy groups -OCH3 is 1. The number of hydrogen-bond donors (Lipinski definition) is 3. The number of aromatic nitrogens is 1. The fourth-order valence-corrected chi connectivity index (χ4v) is 2.94. The first kappa shape index (κ1) is 24.5. The molecule has 0 bridgehead atoms. The van der Waals surface area contributed by atoms with Crippen LogP contribution in [0.2, 0.25) is 0 Å². The molecule has 8 heteroatoms. The number of rotatable bonds is 9. The largest absolute Gasteiger partial charge is 0.499 e. The highest BCUT2D eigenvalue weighted by Crippen LogP contribution is 2.23. The summed E-state index contributed by atoms with van der Waals surface area (Å²) in [6.07, 6.45) is 6.63. The Morgan fingerprint density at radius 3 is 2.44 bits per heavy atom. The van der Waals surface area contributed by atoms with Crippen LogP contribution in [0.3, 0.4) is 0 Å². The molecular weight excluding hydrogens is 410 g/mol. The van der Waals surface area contributed by atoms with E-state index in [0.29, 0.717) is 28.3 Å². The third-order valence-corrected chi connectivity index (χ3v) is 4.71. The summed E-state index contributed by atoms with van der Waals surface area (Å²) in [4.78, 5) is 28.0. The van der Waals surface area contributed by atoms with Crippen molar-refractivity contribution < 1.29 is 24.2 Å². The fraction of sp³-hybridized carbons (Fsp3) is 0.292. The summed E-state index contributed by atoms with van der Waals surface area (Å²) in [6, 6.07) is 6.86. The van der Waals surface area contributed by atoms with Crippen LogP contribution in [0.25, 0.3) is 6.08 Å². The van der Waals surface area contributed by atoms with Gasteiger partial charge in [-0.2, -0.15) is 0 Å². The van der Waals surface area contributed by atoms with Gasteiger partial charge in [0.25, 0.3) is 5.91 Å². The number of nitrogen functional groups attached to an aromatic ring is 1. The van der Waals surface area contributed by atoms with Crippen LogP contribution in [0.1, 0.15) is 51.5 Å². The van der Waals surface area contributed by atoms with Crippen LogP contribution in [-0.4, -0.2) is 41.2 Å². The number of pyridine rings is 1. The Hall–Kier alpha value is -3.81. The molecule has 0 aliphatic rings. The highest BCUT2D eigenvalue weighted by Gasteiger charge is 2.21. The van der Waals surface area contributed by atoms with Crippen molar-refractivity contribution in [2.24, 2.45) is 0 Å². The minimum atomic E-state index is -1.10. The van der Waals surface area contributed by atoms with E-state index in [4.69, 9.17) is 15.2 Å². The van der Waals surface area contributed by atoms with Gasteiger partial charge in [0.05, 0.1) is 36.0 Å². The van der Waals surface area contributed by atoms with E-state index in [-0.39, 0.29) is 23.8 Å². The van der Waals surface area contributed by atoms with Crippen molar-refractivity contribution in [2.75, 3.05) is 19.5 Å². The SMILES string of the molecule is COc1ccc(C(=O)NC(C)(C)CO/C=C/C=C\c2nc(C)c(C(=O)O)c(N)c2C)cc1. The van der Waals surface area contributed by atoms with Crippen LogP contribution in [-0.2, 0) is 4.74 Å². The standard InChI is InChI=1S/C24H29N3O5/c1-15-19(26-16(2)20(21(15)25)23(29)30)8-6-7-13-32-14-24(3,4)27-22(28)17-9-11-18(31-5)12-10-17/h6-13H,14H2,1-5H3,(H2,25,26)(H,27,28)(H,29,30)/b8-6-,13-7+. The number of nitrogens with zero attached hydrogens (tertiary/aromatic N) is 1. The highest BCUT2D eigenvalue weighted by molar-refractivity contribution is 5.96. The molecule has 1 amide bonds. The van der Waals surface area contributed by atoms with Crippen molar-refractivity contribution in [1.29, 1.82) is 0 Å². The lowest BCUT2D eigenvalue weighted by molar-refractivity contribution is 0.0696. The number of amides is 1. The number of allylic oxidation sites excluding steroid dienone is 2. The Kier molecular flexibility index (Phi) is 8.01. The summed E-state index contributed by atoms with van der Waals surface area (Å²) in [6.45, 7) is 7.32. The number of anilines is 1. The molecule has 0 unspecified atom stereocenters. The molecular formula is C24H29N3O5. The molecule has 1 aromatic heterocycles. The molecule has 2 aromatic rings. The van der Waals surface area contributed by atoms with Crippen LogP contribution < -0.4 is 15.8 Å². The first-order valence-electron chi connectivity index (χ1n) is 9.97. The number of nitrogens with one attached hydrogen (secondary N) is 1.